The molecule has 2 aromatic rings. The van der Waals surface area contributed by atoms with Crippen LogP contribution in [-0.2, 0) is 18.4 Å². The van der Waals surface area contributed by atoms with Crippen molar-refractivity contribution in [2.75, 3.05) is 6.61 Å². The molecule has 0 atom stereocenters. The number of aliphatic hydroxyl groups is 1. The molecule has 0 aliphatic rings. The zero-order valence-corrected chi connectivity index (χ0v) is 14.7. The quantitative estimate of drug-likeness (QED) is 0.879. The lowest BCUT2D eigenvalue weighted by atomic mass is 9.84. The van der Waals surface area contributed by atoms with Gasteiger partial charge in [0.25, 0.3) is 0 Å². The zero-order chi connectivity index (χ0) is 17.4. The third-order valence-electron chi connectivity index (χ3n) is 4.47. The first-order valence-electron chi connectivity index (χ1n) is 8.22. The summed E-state index contributed by atoms with van der Waals surface area (Å²) in [4.78, 5) is 11.9. The number of aromatic nitrogens is 1. The highest BCUT2D eigenvalue weighted by Crippen LogP contribution is 2.34. The van der Waals surface area contributed by atoms with E-state index in [-0.39, 0.29) is 12.0 Å². The molecule has 0 amide bonds. The summed E-state index contributed by atoms with van der Waals surface area (Å²) in [6.45, 7) is 10.8. The zero-order valence-electron chi connectivity index (χ0n) is 14.7. The molecule has 0 unspecified atom stereocenters. The molecule has 2 N–H and O–H groups in total. The predicted octanol–water partition coefficient (Wildman–Crippen LogP) is 3.89. The molecule has 1 aromatic heterocycles. The summed E-state index contributed by atoms with van der Waals surface area (Å²) in [7, 11) is 0. The van der Waals surface area contributed by atoms with Crippen LogP contribution in [0, 0.1) is 6.92 Å². The average Bonchev–Trinajstić information content (AvgIpc) is 2.72. The topological polar surface area (TPSA) is 62.5 Å². The first kappa shape index (κ1) is 17.5. The molecule has 1 heterocycles. The summed E-state index contributed by atoms with van der Waals surface area (Å²) < 4.78 is 1.95. The molecule has 4 nitrogen and oxygen atoms in total. The van der Waals surface area contributed by atoms with Crippen LogP contribution < -0.4 is 0 Å². The van der Waals surface area contributed by atoms with E-state index < -0.39 is 5.97 Å². The molecule has 4 heteroatoms. The number of hydrogen-bond acceptors (Lipinski definition) is 2. The van der Waals surface area contributed by atoms with Crippen LogP contribution in [0.4, 0.5) is 0 Å². The number of fused-ring (bicyclic) bond motifs is 1. The number of benzene rings is 1. The van der Waals surface area contributed by atoms with Crippen molar-refractivity contribution in [3.05, 3.63) is 34.5 Å². The van der Waals surface area contributed by atoms with Gasteiger partial charge in [-0.25, -0.2) is 4.79 Å². The average molecular weight is 317 g/mol. The fourth-order valence-corrected chi connectivity index (χ4v) is 3.22. The van der Waals surface area contributed by atoms with Crippen molar-refractivity contribution < 1.29 is 15.0 Å². The van der Waals surface area contributed by atoms with Crippen LogP contribution in [0.15, 0.2) is 12.1 Å². The van der Waals surface area contributed by atoms with E-state index >= 15 is 0 Å². The largest absolute Gasteiger partial charge is 0.478 e. The summed E-state index contributed by atoms with van der Waals surface area (Å²) in [5.41, 5.74) is 4.23. The maximum Gasteiger partial charge on any atom is 0.337 e. The number of carbonyl (C=O) groups is 1. The maximum atomic E-state index is 11.9. The van der Waals surface area contributed by atoms with Crippen molar-refractivity contribution in [3.63, 3.8) is 0 Å². The smallest absolute Gasteiger partial charge is 0.337 e. The summed E-state index contributed by atoms with van der Waals surface area (Å²) in [6, 6.07) is 3.92. The van der Waals surface area contributed by atoms with Crippen LogP contribution >= 0.6 is 0 Å². The van der Waals surface area contributed by atoms with Gasteiger partial charge in [-0.2, -0.15) is 0 Å². The normalized spacial score (nSPS) is 12.1. The van der Waals surface area contributed by atoms with Crippen molar-refractivity contribution in [2.45, 2.75) is 59.4 Å². The summed E-state index contributed by atoms with van der Waals surface area (Å²) in [5.74, 6) is -0.916. The van der Waals surface area contributed by atoms with E-state index in [9.17, 15) is 15.0 Å². The summed E-state index contributed by atoms with van der Waals surface area (Å²) in [5, 5.41) is 20.1. The molecule has 0 spiro atoms. The molecular formula is C19H27NO3. The number of aryl methyl sites for hydroxylation is 1. The monoisotopic (exact) mass is 317 g/mol. The molecule has 126 valence electrons. The lowest BCUT2D eigenvalue weighted by molar-refractivity contribution is 0.0698. The van der Waals surface area contributed by atoms with Gasteiger partial charge in [0.05, 0.1) is 17.7 Å². The second-order valence-electron chi connectivity index (χ2n) is 7.16. The van der Waals surface area contributed by atoms with Crippen molar-refractivity contribution in [1.29, 1.82) is 0 Å². The van der Waals surface area contributed by atoms with Gasteiger partial charge in [0.1, 0.15) is 0 Å². The number of hydrogen-bond donors (Lipinski definition) is 2. The molecule has 0 aliphatic heterocycles. The van der Waals surface area contributed by atoms with Crippen LogP contribution in [0.3, 0.4) is 0 Å². The standard InChI is InChI=1S/C19H27NO3/c1-6-7-14-12(2)20(8-9-21)17-15(14)10-13(19(3,4)5)11-16(17)18(22)23/h10-11,21H,6-9H2,1-5H3,(H,22,23). The summed E-state index contributed by atoms with van der Waals surface area (Å²) in [6.07, 6.45) is 1.91. The van der Waals surface area contributed by atoms with Crippen molar-refractivity contribution in [3.8, 4) is 0 Å². The number of aliphatic hydroxyl groups excluding tert-OH is 1. The molecule has 2 rings (SSSR count). The Balaban J connectivity index is 2.93. The molecule has 23 heavy (non-hydrogen) atoms. The van der Waals surface area contributed by atoms with Crippen LogP contribution in [0.1, 0.15) is 61.3 Å². The number of rotatable bonds is 5. The van der Waals surface area contributed by atoms with Gasteiger partial charge in [-0.15, -0.1) is 0 Å². The van der Waals surface area contributed by atoms with E-state index in [1.54, 1.807) is 6.07 Å². The van der Waals surface area contributed by atoms with Crippen molar-refractivity contribution in [2.24, 2.45) is 0 Å². The van der Waals surface area contributed by atoms with Crippen LogP contribution in [0.2, 0.25) is 0 Å². The molecular weight excluding hydrogens is 290 g/mol. The highest BCUT2D eigenvalue weighted by molar-refractivity contribution is 6.04. The SMILES string of the molecule is CCCc1c(C)n(CCO)c2c(C(=O)O)cc(C(C)(C)C)cc12. The highest BCUT2D eigenvalue weighted by Gasteiger charge is 2.24. The fourth-order valence-electron chi connectivity index (χ4n) is 3.22. The van der Waals surface area contributed by atoms with E-state index in [0.29, 0.717) is 12.1 Å². The van der Waals surface area contributed by atoms with Gasteiger partial charge >= 0.3 is 5.97 Å². The Bertz CT molecular complexity index is 735. The van der Waals surface area contributed by atoms with Crippen molar-refractivity contribution in [1.82, 2.24) is 4.57 Å². The number of aromatic carboxylic acids is 1. The van der Waals surface area contributed by atoms with Gasteiger partial charge < -0.3 is 14.8 Å². The fraction of sp³-hybridized carbons (Fsp3) is 0.526. The molecule has 0 aliphatic carbocycles. The molecule has 0 saturated carbocycles. The molecule has 0 fully saturated rings. The minimum atomic E-state index is -0.916. The van der Waals surface area contributed by atoms with Crippen LogP contribution in [0.5, 0.6) is 0 Å². The lowest BCUT2D eigenvalue weighted by Gasteiger charge is -2.20. The molecule has 0 radical (unpaired) electrons. The molecule has 0 saturated heterocycles. The lowest BCUT2D eigenvalue weighted by Crippen LogP contribution is -2.14. The predicted molar refractivity (Wildman–Crippen MR) is 93.4 cm³/mol. The van der Waals surface area contributed by atoms with Crippen molar-refractivity contribution >= 4 is 16.9 Å². The van der Waals surface area contributed by atoms with Gasteiger partial charge in [-0.1, -0.05) is 34.1 Å². The maximum absolute atomic E-state index is 11.9. The first-order valence-corrected chi connectivity index (χ1v) is 8.22. The minimum absolute atomic E-state index is 0.00370. The van der Waals surface area contributed by atoms with Gasteiger partial charge in [0.2, 0.25) is 0 Å². The molecule has 0 bridgehead atoms. The Hall–Kier alpha value is -1.81. The minimum Gasteiger partial charge on any atom is -0.478 e. The van der Waals surface area contributed by atoms with E-state index in [4.69, 9.17) is 0 Å². The first-order chi connectivity index (χ1) is 10.7. The van der Waals surface area contributed by atoms with E-state index in [0.717, 1.165) is 35.0 Å². The Morgan fingerprint density at radius 3 is 2.39 bits per heavy atom. The second-order valence-corrected chi connectivity index (χ2v) is 7.16. The Morgan fingerprint density at radius 2 is 1.91 bits per heavy atom. The summed E-state index contributed by atoms with van der Waals surface area (Å²) >= 11 is 0. The van der Waals surface area contributed by atoms with Gasteiger partial charge in [-0.05, 0) is 42.0 Å². The number of carboxylic acid groups (broad SMARTS) is 1. The Labute approximate surface area is 137 Å². The Morgan fingerprint density at radius 1 is 1.26 bits per heavy atom. The number of nitrogens with zero attached hydrogens (tertiary/aromatic N) is 1. The second kappa shape index (κ2) is 6.36. The van der Waals surface area contributed by atoms with Crippen LogP contribution in [-0.4, -0.2) is 27.4 Å². The third-order valence-corrected chi connectivity index (χ3v) is 4.47. The van der Waals surface area contributed by atoms with Gasteiger partial charge in [0, 0.05) is 17.6 Å². The van der Waals surface area contributed by atoms with Gasteiger partial charge in [0.15, 0.2) is 0 Å². The third kappa shape index (κ3) is 3.13. The highest BCUT2D eigenvalue weighted by atomic mass is 16.4. The number of carboxylic acids is 1. The van der Waals surface area contributed by atoms with E-state index in [2.05, 4.69) is 33.8 Å². The van der Waals surface area contributed by atoms with E-state index in [1.807, 2.05) is 11.5 Å². The van der Waals surface area contributed by atoms with Crippen LogP contribution in [0.25, 0.3) is 10.9 Å². The van der Waals surface area contributed by atoms with E-state index in [1.165, 1.54) is 5.56 Å². The Kier molecular flexibility index (Phi) is 4.85. The van der Waals surface area contributed by atoms with Gasteiger partial charge in [-0.3, -0.25) is 0 Å². The molecule has 1 aromatic carbocycles.